The molecule has 3 aromatic rings. The van der Waals surface area contributed by atoms with Crippen LogP contribution in [0.1, 0.15) is 0 Å². The average Bonchev–Trinajstić information content (AvgIpc) is 2.67. The van der Waals surface area contributed by atoms with Crippen molar-refractivity contribution >= 4 is 39.0 Å². The zero-order valence-electron chi connectivity index (χ0n) is 15.8. The summed E-state index contributed by atoms with van der Waals surface area (Å²) in [5.41, 5.74) is 2.46. The number of allylic oxidation sites excluding steroid dienone is 1. The van der Waals surface area contributed by atoms with Crippen LogP contribution in [0.2, 0.25) is 19.6 Å². The van der Waals surface area contributed by atoms with E-state index in [1.807, 2.05) is 0 Å². The van der Waals surface area contributed by atoms with Crippen LogP contribution in [0.3, 0.4) is 0 Å². The fourth-order valence-corrected chi connectivity index (χ4v) is 11.9. The van der Waals surface area contributed by atoms with Gasteiger partial charge in [-0.15, -0.1) is 0 Å². The van der Waals surface area contributed by atoms with Crippen molar-refractivity contribution in [2.24, 2.45) is 0 Å². The third-order valence-corrected chi connectivity index (χ3v) is 13.9. The Morgan fingerprint density at radius 1 is 0.577 bits per heavy atom. The van der Waals surface area contributed by atoms with Crippen LogP contribution < -0.4 is 13.1 Å². The summed E-state index contributed by atoms with van der Waals surface area (Å²) in [6.07, 6.45) is 2.37. The number of benzene rings is 3. The molecule has 0 unspecified atom stereocenters. The van der Waals surface area contributed by atoms with E-state index < -0.39 is 21.2 Å². The van der Waals surface area contributed by atoms with E-state index in [9.17, 15) is 0 Å². The monoisotopic (exact) mass is 418 g/mol. The molecule has 3 aromatic carbocycles. The maximum atomic E-state index is 2.55. The summed E-state index contributed by atoms with van der Waals surface area (Å²) in [6.45, 7) is 7.16. The van der Waals surface area contributed by atoms with E-state index in [1.54, 1.807) is 0 Å². The van der Waals surface area contributed by atoms with Gasteiger partial charge < -0.3 is 0 Å². The molecule has 0 saturated carbocycles. The molecular formula is C24H27AsSi. The Balaban J connectivity index is 2.36. The molecule has 26 heavy (non-hydrogen) atoms. The Kier molecular flexibility index (Phi) is 5.91. The Morgan fingerprint density at radius 2 is 0.923 bits per heavy atom. The summed E-state index contributed by atoms with van der Waals surface area (Å²) in [7, 11) is -1.24. The molecule has 0 amide bonds. The second kappa shape index (κ2) is 8.16. The molecule has 0 aliphatic heterocycles. The third-order valence-electron chi connectivity index (χ3n) is 4.40. The Labute approximate surface area is 161 Å². The van der Waals surface area contributed by atoms with Crippen LogP contribution in [-0.2, 0) is 0 Å². The van der Waals surface area contributed by atoms with Crippen LogP contribution in [0.4, 0.5) is 0 Å². The molecule has 0 atom stereocenters. The van der Waals surface area contributed by atoms with Gasteiger partial charge in [-0.05, 0) is 0 Å². The summed E-state index contributed by atoms with van der Waals surface area (Å²) in [4.78, 5) is 2.55. The van der Waals surface area contributed by atoms with Gasteiger partial charge in [0.2, 0.25) is 0 Å². The van der Waals surface area contributed by atoms with E-state index >= 15 is 0 Å². The molecule has 0 radical (unpaired) electrons. The topological polar surface area (TPSA) is 0 Å². The van der Waals surface area contributed by atoms with Gasteiger partial charge in [-0.1, -0.05) is 0 Å². The molecular weight excluding hydrogens is 391 g/mol. The Hall–Kier alpha value is -1.95. The molecule has 132 valence electrons. The van der Waals surface area contributed by atoms with Gasteiger partial charge in [-0.2, -0.15) is 0 Å². The first-order chi connectivity index (χ1) is 12.5. The molecule has 0 bridgehead atoms. The van der Waals surface area contributed by atoms with Crippen molar-refractivity contribution < 1.29 is 0 Å². The second-order valence-electron chi connectivity index (χ2n) is 7.60. The summed E-state index contributed by atoms with van der Waals surface area (Å²) in [5, 5.41) is 0. The molecule has 0 saturated heterocycles. The zero-order chi connectivity index (χ0) is 18.5. The van der Waals surface area contributed by atoms with E-state index in [-0.39, 0.29) is 0 Å². The minimum absolute atomic E-state index is 1.24. The summed E-state index contributed by atoms with van der Waals surface area (Å²) in [5.74, 6) is 0. The van der Waals surface area contributed by atoms with Gasteiger partial charge in [-0.3, -0.25) is 0 Å². The van der Waals surface area contributed by atoms with Crippen LogP contribution >= 0.6 is 0 Å². The van der Waals surface area contributed by atoms with Gasteiger partial charge >= 0.3 is 161 Å². The van der Waals surface area contributed by atoms with Crippen molar-refractivity contribution in [2.75, 3.05) is 0 Å². The first-order valence-corrected chi connectivity index (χ1v) is 16.6. The number of hydrogen-bond acceptors (Lipinski definition) is 0. The predicted molar refractivity (Wildman–Crippen MR) is 123 cm³/mol. The van der Waals surface area contributed by atoms with E-state index in [4.69, 9.17) is 0 Å². The van der Waals surface area contributed by atoms with E-state index in [2.05, 4.69) is 127 Å². The first-order valence-electron chi connectivity index (χ1n) is 9.12. The van der Waals surface area contributed by atoms with Gasteiger partial charge in [-0.25, -0.2) is 0 Å². The van der Waals surface area contributed by atoms with Crippen LogP contribution in [0, 0.1) is 0 Å². The van der Waals surface area contributed by atoms with Crippen LogP contribution in [0.15, 0.2) is 103 Å². The van der Waals surface area contributed by atoms with Crippen LogP contribution in [-0.4, -0.2) is 26.0 Å². The number of rotatable bonds is 5. The molecule has 3 rings (SSSR count). The van der Waals surface area contributed by atoms with Crippen molar-refractivity contribution in [3.63, 3.8) is 0 Å². The quantitative estimate of drug-likeness (QED) is 0.550. The van der Waals surface area contributed by atoms with Crippen molar-refractivity contribution in [3.05, 3.63) is 103 Å². The molecule has 0 heterocycles. The van der Waals surface area contributed by atoms with Crippen molar-refractivity contribution in [1.29, 1.82) is 0 Å². The van der Waals surface area contributed by atoms with Gasteiger partial charge in [0, 0.05) is 0 Å². The van der Waals surface area contributed by atoms with Crippen LogP contribution in [0.25, 0.3) is 0 Å². The molecule has 2 heteroatoms. The van der Waals surface area contributed by atoms with E-state index in [0.29, 0.717) is 0 Å². The number of hydrogen-bond donors (Lipinski definition) is 0. The summed E-state index contributed by atoms with van der Waals surface area (Å²) in [6, 6.07) is 33.3. The molecule has 0 aliphatic carbocycles. The van der Waals surface area contributed by atoms with Crippen molar-refractivity contribution in [2.45, 2.75) is 19.6 Å². The molecule has 0 aliphatic rings. The molecule has 0 N–H and O–H groups in total. The van der Waals surface area contributed by atoms with Gasteiger partial charge in [0.25, 0.3) is 0 Å². The van der Waals surface area contributed by atoms with Crippen molar-refractivity contribution in [1.82, 2.24) is 0 Å². The van der Waals surface area contributed by atoms with Crippen LogP contribution in [0.5, 0.6) is 0 Å². The van der Waals surface area contributed by atoms with E-state index in [1.165, 1.54) is 13.1 Å². The molecule has 0 fully saturated rings. The van der Waals surface area contributed by atoms with Gasteiger partial charge in [0.15, 0.2) is 0 Å². The van der Waals surface area contributed by atoms with Crippen molar-refractivity contribution in [3.8, 4) is 0 Å². The first kappa shape index (κ1) is 18.8. The van der Waals surface area contributed by atoms with Gasteiger partial charge in [0.05, 0.1) is 0 Å². The standard InChI is InChI=1S/C24H27AsSi/c1-26(2,3)21-13-20-25(22-14-7-4-8-15-22,23-16-9-5-10-17-23)24-18-11-6-12-19-24/h4-21H,1-3H3/b21-13+. The Bertz CT molecular complexity index is 801. The fraction of sp³-hybridized carbons (Fsp3) is 0.125. The SMILES string of the molecule is C[Si](C)(C)/C=C/C=[As](c1ccccc1)(c1ccccc1)c1ccccc1. The van der Waals surface area contributed by atoms with Gasteiger partial charge in [0.1, 0.15) is 0 Å². The minimum atomic E-state index is -2.67. The third kappa shape index (κ3) is 4.23. The average molecular weight is 418 g/mol. The molecule has 0 nitrogen and oxygen atoms in total. The fourth-order valence-electron chi connectivity index (χ4n) is 3.16. The summed E-state index contributed by atoms with van der Waals surface area (Å²) >= 11 is -2.67. The maximum absolute atomic E-state index is 2.67. The van der Waals surface area contributed by atoms with E-state index in [0.717, 1.165) is 0 Å². The Morgan fingerprint density at radius 3 is 1.23 bits per heavy atom. The zero-order valence-corrected chi connectivity index (χ0v) is 18.7. The predicted octanol–water partition coefficient (Wildman–Crippen LogP) is 3.97. The summed E-state index contributed by atoms with van der Waals surface area (Å²) < 4.78 is 4.38. The second-order valence-corrected chi connectivity index (χ2v) is 19.6. The molecule has 0 spiro atoms. The normalized spacial score (nSPS) is 12.3. The molecule has 0 aromatic heterocycles.